The standard InChI is InChI=1S/C26H24ClF3N2O3/c1-14-11-17(8-10-23(14)27)15(2)31-20-6-4-5-18(12-20)19-7-9-21(22(13-19)26(28,29)30)24(33)32-16(3)25(34)35/h4-13,15-16,31H,1-3H3,(H,32,33)(H,34,35)/t15?,16-/m0/s1. The summed E-state index contributed by atoms with van der Waals surface area (Å²) in [6, 6.07) is 14.5. The molecule has 3 rings (SSSR count). The summed E-state index contributed by atoms with van der Waals surface area (Å²) in [5, 5.41) is 15.0. The van der Waals surface area contributed by atoms with E-state index in [1.165, 1.54) is 13.0 Å². The maximum atomic E-state index is 13.8. The molecule has 9 heteroatoms. The van der Waals surface area contributed by atoms with Crippen LogP contribution in [0.15, 0.2) is 60.7 Å². The van der Waals surface area contributed by atoms with Crippen molar-refractivity contribution >= 4 is 29.2 Å². The zero-order chi connectivity index (χ0) is 25.9. The van der Waals surface area contributed by atoms with E-state index < -0.39 is 35.2 Å². The lowest BCUT2D eigenvalue weighted by atomic mass is 9.97. The minimum Gasteiger partial charge on any atom is -0.480 e. The molecule has 3 aromatic rings. The molecule has 1 unspecified atom stereocenters. The van der Waals surface area contributed by atoms with E-state index in [1.807, 2.05) is 38.1 Å². The predicted octanol–water partition coefficient (Wildman–Crippen LogP) is 6.71. The summed E-state index contributed by atoms with van der Waals surface area (Å²) in [6.45, 7) is 5.04. The summed E-state index contributed by atoms with van der Waals surface area (Å²) in [5.41, 5.74) is 1.64. The van der Waals surface area contributed by atoms with Crippen molar-refractivity contribution in [2.75, 3.05) is 5.32 Å². The summed E-state index contributed by atoms with van der Waals surface area (Å²) in [7, 11) is 0. The second-order valence-corrected chi connectivity index (χ2v) is 8.65. The van der Waals surface area contributed by atoms with Crippen LogP contribution < -0.4 is 10.6 Å². The molecule has 0 spiro atoms. The number of anilines is 1. The summed E-state index contributed by atoms with van der Waals surface area (Å²) in [6.07, 6.45) is -4.81. The molecule has 0 radical (unpaired) electrons. The molecule has 5 nitrogen and oxygen atoms in total. The molecule has 0 bridgehead atoms. The Labute approximate surface area is 205 Å². The lowest BCUT2D eigenvalue weighted by Gasteiger charge is -2.18. The third-order valence-electron chi connectivity index (χ3n) is 5.55. The zero-order valence-corrected chi connectivity index (χ0v) is 20.0. The quantitative estimate of drug-likeness (QED) is 0.334. The predicted molar refractivity (Wildman–Crippen MR) is 130 cm³/mol. The molecule has 3 aromatic carbocycles. The number of benzene rings is 3. The number of alkyl halides is 3. The Morgan fingerprint density at radius 2 is 1.66 bits per heavy atom. The van der Waals surface area contributed by atoms with Gasteiger partial charge in [0.25, 0.3) is 5.91 Å². The summed E-state index contributed by atoms with van der Waals surface area (Å²) in [5.74, 6) is -2.46. The van der Waals surface area contributed by atoms with Crippen LogP contribution >= 0.6 is 11.6 Å². The highest BCUT2D eigenvalue weighted by atomic mass is 35.5. The molecule has 2 atom stereocenters. The topological polar surface area (TPSA) is 78.4 Å². The average molecular weight is 505 g/mol. The maximum absolute atomic E-state index is 13.8. The number of hydrogen-bond donors (Lipinski definition) is 3. The number of halogens is 4. The lowest BCUT2D eigenvalue weighted by molar-refractivity contribution is -0.138. The van der Waals surface area contributed by atoms with Crippen LogP contribution in [0.4, 0.5) is 18.9 Å². The minimum atomic E-state index is -4.81. The van der Waals surface area contributed by atoms with Gasteiger partial charge in [0.2, 0.25) is 0 Å². The second kappa shape index (κ2) is 10.4. The number of rotatable bonds is 7. The highest BCUT2D eigenvalue weighted by Crippen LogP contribution is 2.36. The van der Waals surface area contributed by atoms with Gasteiger partial charge in [-0.2, -0.15) is 13.2 Å². The zero-order valence-electron chi connectivity index (χ0n) is 19.2. The number of hydrogen-bond acceptors (Lipinski definition) is 3. The van der Waals surface area contributed by atoms with E-state index in [4.69, 9.17) is 16.7 Å². The van der Waals surface area contributed by atoms with Crippen molar-refractivity contribution in [3.8, 4) is 11.1 Å². The molecule has 0 aliphatic heterocycles. The van der Waals surface area contributed by atoms with Crippen LogP contribution in [0, 0.1) is 6.92 Å². The molecular weight excluding hydrogens is 481 g/mol. The van der Waals surface area contributed by atoms with Gasteiger partial charge in [-0.3, -0.25) is 9.59 Å². The van der Waals surface area contributed by atoms with Gasteiger partial charge in [0, 0.05) is 16.8 Å². The van der Waals surface area contributed by atoms with Crippen LogP contribution in [0.5, 0.6) is 0 Å². The van der Waals surface area contributed by atoms with Gasteiger partial charge in [-0.05, 0) is 73.4 Å². The number of carboxylic acid groups (broad SMARTS) is 1. The molecule has 3 N–H and O–H groups in total. The van der Waals surface area contributed by atoms with Crippen molar-refractivity contribution in [3.63, 3.8) is 0 Å². The fraction of sp³-hybridized carbons (Fsp3) is 0.231. The van der Waals surface area contributed by atoms with Gasteiger partial charge < -0.3 is 15.7 Å². The van der Waals surface area contributed by atoms with Crippen LogP contribution in [0.25, 0.3) is 11.1 Å². The van der Waals surface area contributed by atoms with Gasteiger partial charge in [-0.1, -0.05) is 41.9 Å². The molecule has 35 heavy (non-hydrogen) atoms. The molecular formula is C26H24ClF3N2O3. The van der Waals surface area contributed by atoms with Crippen LogP contribution in [-0.2, 0) is 11.0 Å². The number of carboxylic acids is 1. The SMILES string of the molecule is Cc1cc(C(C)Nc2cccc(-c3ccc(C(=O)N[C@@H](C)C(=O)O)c(C(F)(F)F)c3)c2)ccc1Cl. The molecule has 0 aliphatic carbocycles. The Kier molecular flexibility index (Phi) is 7.75. The minimum absolute atomic E-state index is 0.0887. The first-order chi connectivity index (χ1) is 16.4. The Hall–Kier alpha value is -3.52. The van der Waals surface area contributed by atoms with Gasteiger partial charge in [0.05, 0.1) is 11.1 Å². The normalized spacial score (nSPS) is 13.1. The van der Waals surface area contributed by atoms with E-state index in [0.717, 1.165) is 23.3 Å². The van der Waals surface area contributed by atoms with E-state index in [0.29, 0.717) is 16.3 Å². The second-order valence-electron chi connectivity index (χ2n) is 8.25. The van der Waals surface area contributed by atoms with Crippen molar-refractivity contribution in [1.82, 2.24) is 5.32 Å². The van der Waals surface area contributed by atoms with Gasteiger partial charge in [0.1, 0.15) is 6.04 Å². The van der Waals surface area contributed by atoms with Gasteiger partial charge >= 0.3 is 12.1 Å². The lowest BCUT2D eigenvalue weighted by Crippen LogP contribution is -2.39. The number of carbonyl (C=O) groups excluding carboxylic acids is 1. The largest absolute Gasteiger partial charge is 0.480 e. The van der Waals surface area contributed by atoms with Gasteiger partial charge in [0.15, 0.2) is 0 Å². The van der Waals surface area contributed by atoms with Gasteiger partial charge in [-0.25, -0.2) is 0 Å². The molecule has 0 saturated carbocycles. The Bertz CT molecular complexity index is 1260. The molecule has 0 saturated heterocycles. The van der Waals surface area contributed by atoms with E-state index in [-0.39, 0.29) is 11.6 Å². The highest BCUT2D eigenvalue weighted by Gasteiger charge is 2.36. The van der Waals surface area contributed by atoms with Crippen molar-refractivity contribution in [2.45, 2.75) is 39.0 Å². The molecule has 184 valence electrons. The van der Waals surface area contributed by atoms with Crippen molar-refractivity contribution in [3.05, 3.63) is 87.9 Å². The Morgan fingerprint density at radius 1 is 0.971 bits per heavy atom. The van der Waals surface area contributed by atoms with Crippen molar-refractivity contribution in [1.29, 1.82) is 0 Å². The number of aliphatic carboxylic acids is 1. The smallest absolute Gasteiger partial charge is 0.417 e. The molecule has 1 amide bonds. The van der Waals surface area contributed by atoms with Crippen molar-refractivity contribution < 1.29 is 27.9 Å². The number of amides is 1. The fourth-order valence-electron chi connectivity index (χ4n) is 3.55. The maximum Gasteiger partial charge on any atom is 0.417 e. The average Bonchev–Trinajstić information content (AvgIpc) is 2.79. The van der Waals surface area contributed by atoms with E-state index >= 15 is 0 Å². The third-order valence-corrected chi connectivity index (χ3v) is 5.97. The first-order valence-corrected chi connectivity index (χ1v) is 11.1. The Morgan fingerprint density at radius 3 is 2.29 bits per heavy atom. The molecule has 0 aliphatic rings. The van der Waals surface area contributed by atoms with E-state index in [1.54, 1.807) is 18.2 Å². The molecule has 0 fully saturated rings. The summed E-state index contributed by atoms with van der Waals surface area (Å²) in [4.78, 5) is 23.3. The van der Waals surface area contributed by atoms with E-state index in [9.17, 15) is 22.8 Å². The monoisotopic (exact) mass is 504 g/mol. The fourth-order valence-corrected chi connectivity index (χ4v) is 3.67. The van der Waals surface area contributed by atoms with Gasteiger partial charge in [-0.15, -0.1) is 0 Å². The summed E-state index contributed by atoms with van der Waals surface area (Å²) >= 11 is 6.10. The number of aryl methyl sites for hydroxylation is 1. The first-order valence-electron chi connectivity index (χ1n) is 10.7. The number of nitrogens with one attached hydrogen (secondary N) is 2. The first kappa shape index (κ1) is 26.1. The van der Waals surface area contributed by atoms with Crippen LogP contribution in [0.1, 0.15) is 46.9 Å². The third kappa shape index (κ3) is 6.33. The highest BCUT2D eigenvalue weighted by molar-refractivity contribution is 6.31. The van der Waals surface area contributed by atoms with Crippen molar-refractivity contribution in [2.24, 2.45) is 0 Å². The van der Waals surface area contributed by atoms with Crippen LogP contribution in [-0.4, -0.2) is 23.0 Å². The van der Waals surface area contributed by atoms with Crippen LogP contribution in [0.3, 0.4) is 0 Å². The molecule has 0 heterocycles. The number of carbonyl (C=O) groups is 2. The molecule has 0 aromatic heterocycles. The summed E-state index contributed by atoms with van der Waals surface area (Å²) < 4.78 is 41.3. The Balaban J connectivity index is 1.91. The van der Waals surface area contributed by atoms with E-state index in [2.05, 4.69) is 10.6 Å². The van der Waals surface area contributed by atoms with Crippen LogP contribution in [0.2, 0.25) is 5.02 Å².